The van der Waals surface area contributed by atoms with Crippen molar-refractivity contribution in [3.63, 3.8) is 0 Å². The van der Waals surface area contributed by atoms with Crippen LogP contribution >= 0.6 is 0 Å². The van der Waals surface area contributed by atoms with Gasteiger partial charge in [0, 0.05) is 0 Å². The number of nitrogens with one attached hydrogen (secondary N) is 1. The van der Waals surface area contributed by atoms with Gasteiger partial charge in [0.25, 0.3) is 0 Å². The molecule has 1 aliphatic rings. The molecule has 0 aromatic carbocycles. The van der Waals surface area contributed by atoms with E-state index in [0.717, 1.165) is 23.7 Å². The lowest BCUT2D eigenvalue weighted by molar-refractivity contribution is 0.362. The standard InChI is InChI=1S/C11H23N/c1-8(7-12-4)5-9(2)11-6-10(11)3/h8-12H,5-7H2,1-4H3. The van der Waals surface area contributed by atoms with Crippen LogP contribution in [-0.4, -0.2) is 13.6 Å². The van der Waals surface area contributed by atoms with E-state index in [9.17, 15) is 0 Å². The van der Waals surface area contributed by atoms with Gasteiger partial charge in [-0.15, -0.1) is 0 Å². The fourth-order valence-electron chi connectivity index (χ4n) is 2.39. The van der Waals surface area contributed by atoms with E-state index in [-0.39, 0.29) is 0 Å². The lowest BCUT2D eigenvalue weighted by atomic mass is 9.92. The molecule has 0 radical (unpaired) electrons. The maximum atomic E-state index is 3.24. The van der Waals surface area contributed by atoms with Crippen LogP contribution in [0.4, 0.5) is 0 Å². The van der Waals surface area contributed by atoms with Crippen LogP contribution in [-0.2, 0) is 0 Å². The average Bonchev–Trinajstić information content (AvgIpc) is 2.67. The molecular weight excluding hydrogens is 146 g/mol. The SMILES string of the molecule is CNCC(C)CC(C)C1CC1C. The number of hydrogen-bond donors (Lipinski definition) is 1. The van der Waals surface area contributed by atoms with Crippen LogP contribution in [0, 0.1) is 23.7 Å². The lowest BCUT2D eigenvalue weighted by Gasteiger charge is -2.16. The third kappa shape index (κ3) is 2.78. The molecule has 0 aromatic heterocycles. The van der Waals surface area contributed by atoms with Gasteiger partial charge >= 0.3 is 0 Å². The van der Waals surface area contributed by atoms with Crippen LogP contribution in [0.15, 0.2) is 0 Å². The Morgan fingerprint density at radius 2 is 2.00 bits per heavy atom. The highest BCUT2D eigenvalue weighted by molar-refractivity contribution is 4.86. The summed E-state index contributed by atoms with van der Waals surface area (Å²) in [6.07, 6.45) is 2.88. The van der Waals surface area contributed by atoms with E-state index in [2.05, 4.69) is 26.1 Å². The van der Waals surface area contributed by atoms with Gasteiger partial charge in [0.2, 0.25) is 0 Å². The molecule has 1 fully saturated rings. The predicted octanol–water partition coefficient (Wildman–Crippen LogP) is 2.52. The molecule has 1 heteroatoms. The molecule has 0 aliphatic heterocycles. The minimum atomic E-state index is 0.845. The Labute approximate surface area is 76.9 Å². The zero-order valence-corrected chi connectivity index (χ0v) is 8.93. The molecule has 4 atom stereocenters. The summed E-state index contributed by atoms with van der Waals surface area (Å²) in [5.41, 5.74) is 0. The monoisotopic (exact) mass is 169 g/mol. The third-order valence-electron chi connectivity index (χ3n) is 3.23. The topological polar surface area (TPSA) is 12.0 Å². The molecule has 72 valence electrons. The van der Waals surface area contributed by atoms with Gasteiger partial charge in [-0.2, -0.15) is 0 Å². The third-order valence-corrected chi connectivity index (χ3v) is 3.23. The Morgan fingerprint density at radius 1 is 1.42 bits per heavy atom. The van der Waals surface area contributed by atoms with Gasteiger partial charge in [-0.3, -0.25) is 0 Å². The quantitative estimate of drug-likeness (QED) is 0.667. The minimum absolute atomic E-state index is 0.845. The highest BCUT2D eigenvalue weighted by atomic mass is 14.8. The van der Waals surface area contributed by atoms with Crippen LogP contribution in [0.5, 0.6) is 0 Å². The fraction of sp³-hybridized carbons (Fsp3) is 1.00. The maximum absolute atomic E-state index is 3.24. The molecule has 1 N–H and O–H groups in total. The van der Waals surface area contributed by atoms with Gasteiger partial charge in [-0.1, -0.05) is 20.8 Å². The molecule has 0 bridgehead atoms. The molecule has 0 heterocycles. The van der Waals surface area contributed by atoms with Gasteiger partial charge in [0.05, 0.1) is 0 Å². The molecule has 1 aliphatic carbocycles. The second-order valence-corrected chi connectivity index (χ2v) is 4.75. The van der Waals surface area contributed by atoms with Crippen molar-refractivity contribution >= 4 is 0 Å². The van der Waals surface area contributed by atoms with Crippen molar-refractivity contribution in [1.82, 2.24) is 5.32 Å². The Bertz CT molecular complexity index is 133. The second-order valence-electron chi connectivity index (χ2n) is 4.75. The van der Waals surface area contributed by atoms with E-state index in [0.29, 0.717) is 0 Å². The average molecular weight is 169 g/mol. The molecule has 1 nitrogen and oxygen atoms in total. The molecule has 0 amide bonds. The van der Waals surface area contributed by atoms with Crippen molar-refractivity contribution in [3.05, 3.63) is 0 Å². The minimum Gasteiger partial charge on any atom is -0.319 e. The lowest BCUT2D eigenvalue weighted by Crippen LogP contribution is -2.18. The number of rotatable bonds is 5. The Hall–Kier alpha value is -0.0400. The molecule has 0 saturated heterocycles. The summed E-state index contributed by atoms with van der Waals surface area (Å²) in [4.78, 5) is 0. The normalized spacial score (nSPS) is 33.0. The fourth-order valence-corrected chi connectivity index (χ4v) is 2.39. The van der Waals surface area contributed by atoms with Crippen LogP contribution in [0.1, 0.15) is 33.6 Å². The first-order valence-electron chi connectivity index (χ1n) is 5.29. The van der Waals surface area contributed by atoms with E-state index >= 15 is 0 Å². The van der Waals surface area contributed by atoms with Crippen molar-refractivity contribution in [2.75, 3.05) is 13.6 Å². The Kier molecular flexibility index (Phi) is 3.57. The second kappa shape index (κ2) is 4.27. The first kappa shape index (κ1) is 10.0. The van der Waals surface area contributed by atoms with Crippen LogP contribution in [0.3, 0.4) is 0 Å². The molecule has 1 rings (SSSR count). The summed E-state index contributed by atoms with van der Waals surface area (Å²) in [7, 11) is 2.04. The summed E-state index contributed by atoms with van der Waals surface area (Å²) >= 11 is 0. The van der Waals surface area contributed by atoms with Crippen molar-refractivity contribution < 1.29 is 0 Å². The first-order chi connectivity index (χ1) is 5.65. The molecule has 4 unspecified atom stereocenters. The molecule has 0 aromatic rings. The van der Waals surface area contributed by atoms with Crippen LogP contribution in [0.25, 0.3) is 0 Å². The summed E-state index contributed by atoms with van der Waals surface area (Å²) in [6.45, 7) is 8.32. The zero-order valence-electron chi connectivity index (χ0n) is 8.93. The van der Waals surface area contributed by atoms with E-state index in [1.165, 1.54) is 19.4 Å². The van der Waals surface area contributed by atoms with E-state index in [4.69, 9.17) is 0 Å². The van der Waals surface area contributed by atoms with Gasteiger partial charge in [-0.05, 0) is 50.1 Å². The smallest absolute Gasteiger partial charge is 0.00261 e. The van der Waals surface area contributed by atoms with Crippen molar-refractivity contribution in [1.29, 1.82) is 0 Å². The van der Waals surface area contributed by atoms with Crippen LogP contribution < -0.4 is 5.32 Å². The summed E-state index contributed by atoms with van der Waals surface area (Å²) < 4.78 is 0. The number of hydrogen-bond acceptors (Lipinski definition) is 1. The molecule has 1 saturated carbocycles. The van der Waals surface area contributed by atoms with Crippen molar-refractivity contribution in [3.8, 4) is 0 Å². The zero-order chi connectivity index (χ0) is 9.14. The largest absolute Gasteiger partial charge is 0.319 e. The van der Waals surface area contributed by atoms with E-state index in [1.54, 1.807) is 0 Å². The van der Waals surface area contributed by atoms with Crippen molar-refractivity contribution in [2.24, 2.45) is 23.7 Å². The summed E-state index contributed by atoms with van der Waals surface area (Å²) in [5, 5.41) is 3.24. The van der Waals surface area contributed by atoms with E-state index < -0.39 is 0 Å². The predicted molar refractivity (Wildman–Crippen MR) is 54.1 cm³/mol. The van der Waals surface area contributed by atoms with Gasteiger partial charge in [-0.25, -0.2) is 0 Å². The first-order valence-corrected chi connectivity index (χ1v) is 5.29. The van der Waals surface area contributed by atoms with Crippen molar-refractivity contribution in [2.45, 2.75) is 33.6 Å². The Morgan fingerprint density at radius 3 is 2.42 bits per heavy atom. The Balaban J connectivity index is 2.12. The highest BCUT2D eigenvalue weighted by Crippen LogP contribution is 2.45. The van der Waals surface area contributed by atoms with Gasteiger partial charge in [0.1, 0.15) is 0 Å². The molecule has 12 heavy (non-hydrogen) atoms. The van der Waals surface area contributed by atoms with Gasteiger partial charge in [0.15, 0.2) is 0 Å². The molecular formula is C11H23N. The van der Waals surface area contributed by atoms with Crippen LogP contribution in [0.2, 0.25) is 0 Å². The van der Waals surface area contributed by atoms with E-state index in [1.807, 2.05) is 7.05 Å². The maximum Gasteiger partial charge on any atom is -0.00261 e. The highest BCUT2D eigenvalue weighted by Gasteiger charge is 2.37. The summed E-state index contributed by atoms with van der Waals surface area (Å²) in [6, 6.07) is 0. The summed E-state index contributed by atoms with van der Waals surface area (Å²) in [5.74, 6) is 3.85. The molecule has 0 spiro atoms. The van der Waals surface area contributed by atoms with Gasteiger partial charge < -0.3 is 5.32 Å².